The number of hydrogen-bond acceptors (Lipinski definition) is 5. The lowest BCUT2D eigenvalue weighted by atomic mass is 10.1. The Labute approximate surface area is 146 Å². The number of anilines is 1. The van der Waals surface area contributed by atoms with E-state index in [-0.39, 0.29) is 18.4 Å². The molecule has 7 heteroatoms. The van der Waals surface area contributed by atoms with Crippen LogP contribution >= 0.6 is 11.8 Å². The van der Waals surface area contributed by atoms with Crippen molar-refractivity contribution in [2.75, 3.05) is 49.8 Å². The molecule has 0 radical (unpaired) electrons. The fraction of sp³-hybridized carbons (Fsp3) is 0.529. The smallest absolute Gasteiger partial charge is 0.239 e. The summed E-state index contributed by atoms with van der Waals surface area (Å²) >= 11 is 1.55. The molecule has 0 aliphatic carbocycles. The van der Waals surface area contributed by atoms with E-state index in [1.165, 1.54) is 0 Å². The predicted octanol–water partition coefficient (Wildman–Crippen LogP) is 1.17. The molecule has 0 spiro atoms. The van der Waals surface area contributed by atoms with Crippen LogP contribution in [0.1, 0.15) is 6.42 Å². The quantitative estimate of drug-likeness (QED) is 0.835. The molecule has 1 N–H and O–H groups in total. The number of para-hydroxylation sites is 2. The van der Waals surface area contributed by atoms with E-state index in [4.69, 9.17) is 4.74 Å². The minimum atomic E-state index is -0.0680. The topological polar surface area (TPSA) is 61.9 Å². The van der Waals surface area contributed by atoms with Crippen LogP contribution in [-0.4, -0.2) is 61.6 Å². The van der Waals surface area contributed by atoms with Crippen LogP contribution in [0.15, 0.2) is 24.3 Å². The van der Waals surface area contributed by atoms with Gasteiger partial charge in [-0.2, -0.15) is 0 Å². The van der Waals surface area contributed by atoms with E-state index in [1.54, 1.807) is 23.8 Å². The minimum absolute atomic E-state index is 0.0540. The zero-order valence-corrected chi connectivity index (χ0v) is 14.7. The molecule has 0 bridgehead atoms. The molecule has 0 unspecified atom stereocenters. The van der Waals surface area contributed by atoms with Crippen LogP contribution in [0.3, 0.4) is 0 Å². The van der Waals surface area contributed by atoms with Crippen LogP contribution in [0, 0.1) is 5.92 Å². The van der Waals surface area contributed by atoms with E-state index in [2.05, 4.69) is 16.3 Å². The number of benzene rings is 1. The summed E-state index contributed by atoms with van der Waals surface area (Å²) < 4.78 is 5.42. The predicted molar refractivity (Wildman–Crippen MR) is 95.4 cm³/mol. The molecule has 0 saturated carbocycles. The Morgan fingerprint density at radius 3 is 3.00 bits per heavy atom. The summed E-state index contributed by atoms with van der Waals surface area (Å²) in [7, 11) is 1.69. The van der Waals surface area contributed by atoms with E-state index in [9.17, 15) is 9.59 Å². The number of nitrogens with one attached hydrogen (secondary N) is 1. The Hall–Kier alpha value is -1.89. The zero-order chi connectivity index (χ0) is 16.9. The van der Waals surface area contributed by atoms with Gasteiger partial charge in [0, 0.05) is 19.6 Å². The summed E-state index contributed by atoms with van der Waals surface area (Å²) in [6, 6.07) is 8.01. The molecule has 2 fully saturated rings. The highest BCUT2D eigenvalue weighted by Gasteiger charge is 2.26. The number of methoxy groups -OCH3 is 1. The van der Waals surface area contributed by atoms with Crippen molar-refractivity contribution in [1.29, 1.82) is 0 Å². The number of carbonyl (C=O) groups is 2. The molecule has 1 atom stereocenters. The van der Waals surface area contributed by atoms with Gasteiger partial charge in [0.05, 0.1) is 24.4 Å². The van der Waals surface area contributed by atoms with E-state index in [0.29, 0.717) is 24.1 Å². The molecule has 2 heterocycles. The first-order valence-electron chi connectivity index (χ1n) is 8.17. The first-order valence-corrected chi connectivity index (χ1v) is 9.33. The van der Waals surface area contributed by atoms with Crippen LogP contribution < -0.4 is 15.0 Å². The van der Waals surface area contributed by atoms with Crippen molar-refractivity contribution in [2.24, 2.45) is 5.92 Å². The number of nitrogens with zero attached hydrogens (tertiary/aromatic N) is 2. The second-order valence-corrected chi connectivity index (χ2v) is 7.10. The zero-order valence-electron chi connectivity index (χ0n) is 13.9. The first kappa shape index (κ1) is 17.0. The maximum atomic E-state index is 12.0. The van der Waals surface area contributed by atoms with Gasteiger partial charge < -0.3 is 19.9 Å². The third-order valence-electron chi connectivity index (χ3n) is 4.46. The third-order valence-corrected chi connectivity index (χ3v) is 5.40. The van der Waals surface area contributed by atoms with Gasteiger partial charge in [-0.1, -0.05) is 12.1 Å². The van der Waals surface area contributed by atoms with Crippen LogP contribution in [0.5, 0.6) is 5.75 Å². The van der Waals surface area contributed by atoms with E-state index < -0.39 is 0 Å². The maximum Gasteiger partial charge on any atom is 0.239 e. The lowest BCUT2D eigenvalue weighted by Crippen LogP contribution is -2.40. The fourth-order valence-electron chi connectivity index (χ4n) is 3.14. The molecule has 2 amide bonds. The van der Waals surface area contributed by atoms with Crippen molar-refractivity contribution in [3.8, 4) is 5.75 Å². The van der Waals surface area contributed by atoms with Gasteiger partial charge in [-0.05, 0) is 24.5 Å². The molecule has 2 saturated heterocycles. The largest absolute Gasteiger partial charge is 0.495 e. The molecular formula is C17H23N3O3S. The SMILES string of the molecule is COc1ccccc1N1CC[C@H](CNC(=O)CN2CSCC2=O)C1. The first-order chi connectivity index (χ1) is 11.7. The third kappa shape index (κ3) is 3.95. The van der Waals surface area contributed by atoms with Gasteiger partial charge in [0.15, 0.2) is 0 Å². The lowest BCUT2D eigenvalue weighted by molar-refractivity contribution is -0.132. The summed E-state index contributed by atoms with van der Waals surface area (Å²) in [5.41, 5.74) is 1.11. The molecule has 1 aromatic rings. The number of thioether (sulfide) groups is 1. The molecule has 2 aliphatic heterocycles. The normalized spacial score (nSPS) is 20.5. The van der Waals surface area contributed by atoms with Gasteiger partial charge in [0.25, 0.3) is 0 Å². The summed E-state index contributed by atoms with van der Waals surface area (Å²) in [5, 5.41) is 2.97. The van der Waals surface area contributed by atoms with Crippen LogP contribution in [0.2, 0.25) is 0 Å². The van der Waals surface area contributed by atoms with Crippen LogP contribution in [0.25, 0.3) is 0 Å². The summed E-state index contributed by atoms with van der Waals surface area (Å²) in [4.78, 5) is 27.5. The van der Waals surface area contributed by atoms with Crippen molar-refractivity contribution >= 4 is 29.3 Å². The van der Waals surface area contributed by atoms with Gasteiger partial charge >= 0.3 is 0 Å². The number of hydrogen-bond donors (Lipinski definition) is 1. The highest BCUT2D eigenvalue weighted by molar-refractivity contribution is 8.00. The highest BCUT2D eigenvalue weighted by Crippen LogP contribution is 2.31. The maximum absolute atomic E-state index is 12.0. The Morgan fingerprint density at radius 2 is 2.25 bits per heavy atom. The van der Waals surface area contributed by atoms with Gasteiger partial charge in [0.2, 0.25) is 11.8 Å². The molecule has 24 heavy (non-hydrogen) atoms. The van der Waals surface area contributed by atoms with E-state index in [1.807, 2.05) is 18.2 Å². The molecule has 0 aromatic heterocycles. The van der Waals surface area contributed by atoms with Gasteiger partial charge in [-0.3, -0.25) is 9.59 Å². The molecule has 6 nitrogen and oxygen atoms in total. The van der Waals surface area contributed by atoms with Crippen molar-refractivity contribution in [3.63, 3.8) is 0 Å². The number of ether oxygens (including phenoxy) is 1. The van der Waals surface area contributed by atoms with E-state index in [0.717, 1.165) is 30.9 Å². The lowest BCUT2D eigenvalue weighted by Gasteiger charge is -2.21. The summed E-state index contributed by atoms with van der Waals surface area (Å²) in [6.07, 6.45) is 1.04. The molecular weight excluding hydrogens is 326 g/mol. The standard InChI is InChI=1S/C17H23N3O3S/c1-23-15-5-3-2-4-14(15)19-7-6-13(9-19)8-18-16(21)10-20-12-24-11-17(20)22/h2-5,13H,6-12H2,1H3,(H,18,21)/t13-/m1/s1. The Balaban J connectivity index is 1.46. The van der Waals surface area contributed by atoms with Crippen molar-refractivity contribution in [2.45, 2.75) is 6.42 Å². The van der Waals surface area contributed by atoms with Gasteiger partial charge in [-0.15, -0.1) is 11.8 Å². The Bertz CT molecular complexity index is 610. The summed E-state index contributed by atoms with van der Waals surface area (Å²) in [5.74, 6) is 2.40. The van der Waals surface area contributed by atoms with Gasteiger partial charge in [0.1, 0.15) is 12.3 Å². The number of carbonyl (C=O) groups excluding carboxylic acids is 2. The van der Waals surface area contributed by atoms with Crippen molar-refractivity contribution < 1.29 is 14.3 Å². The highest BCUT2D eigenvalue weighted by atomic mass is 32.2. The van der Waals surface area contributed by atoms with Crippen molar-refractivity contribution in [3.05, 3.63) is 24.3 Å². The Kier molecular flexibility index (Phi) is 5.50. The van der Waals surface area contributed by atoms with Crippen molar-refractivity contribution in [1.82, 2.24) is 10.2 Å². The molecule has 3 rings (SSSR count). The monoisotopic (exact) mass is 349 g/mol. The summed E-state index contributed by atoms with van der Waals surface area (Å²) in [6.45, 7) is 2.69. The number of amides is 2. The average molecular weight is 349 g/mol. The molecule has 1 aromatic carbocycles. The Morgan fingerprint density at radius 1 is 1.42 bits per heavy atom. The molecule has 130 valence electrons. The average Bonchev–Trinajstić information content (AvgIpc) is 3.22. The minimum Gasteiger partial charge on any atom is -0.495 e. The number of rotatable bonds is 6. The second-order valence-electron chi connectivity index (χ2n) is 6.15. The fourth-order valence-corrected chi connectivity index (χ4v) is 4.04. The van der Waals surface area contributed by atoms with Crippen LogP contribution in [-0.2, 0) is 9.59 Å². The van der Waals surface area contributed by atoms with Gasteiger partial charge in [-0.25, -0.2) is 0 Å². The van der Waals surface area contributed by atoms with E-state index >= 15 is 0 Å². The van der Waals surface area contributed by atoms with Crippen LogP contribution in [0.4, 0.5) is 5.69 Å². The molecule has 2 aliphatic rings. The second kappa shape index (κ2) is 7.79.